The van der Waals surface area contributed by atoms with Gasteiger partial charge in [-0.2, -0.15) is 0 Å². The number of carbonyl (C=O) groups is 1. The molecular weight excluding hydrogens is 344 g/mol. The van der Waals surface area contributed by atoms with Crippen LogP contribution in [0.5, 0.6) is 0 Å². The highest BCUT2D eigenvalue weighted by atomic mass is 28.4. The molecule has 0 saturated carbocycles. The molecule has 130 valence electrons. The SMILES string of the molecule is C=C(c1ccc(C(=O)O)cc1)c1cc2c(cc1C)[Si](C)(C)O[Si]2(C)C. The zero-order valence-corrected chi connectivity index (χ0v) is 17.4. The molecule has 0 aliphatic carbocycles. The first kappa shape index (κ1) is 17.9. The highest BCUT2D eigenvalue weighted by molar-refractivity contribution is 7.05. The first-order valence-corrected chi connectivity index (χ1v) is 14.2. The fraction of sp³-hybridized carbons (Fsp3) is 0.250. The Morgan fingerprint density at radius 2 is 1.44 bits per heavy atom. The molecule has 3 nitrogen and oxygen atoms in total. The Morgan fingerprint density at radius 3 is 1.96 bits per heavy atom. The van der Waals surface area contributed by atoms with Crippen molar-refractivity contribution in [1.82, 2.24) is 0 Å². The van der Waals surface area contributed by atoms with E-state index in [4.69, 9.17) is 9.22 Å². The maximum absolute atomic E-state index is 11.0. The van der Waals surface area contributed by atoms with E-state index >= 15 is 0 Å². The van der Waals surface area contributed by atoms with Crippen LogP contribution in [-0.2, 0) is 4.12 Å². The molecule has 1 aliphatic heterocycles. The average molecular weight is 369 g/mol. The monoisotopic (exact) mass is 368 g/mol. The molecule has 0 aromatic heterocycles. The minimum Gasteiger partial charge on any atom is -0.478 e. The van der Waals surface area contributed by atoms with Gasteiger partial charge >= 0.3 is 5.97 Å². The van der Waals surface area contributed by atoms with Crippen LogP contribution in [0.25, 0.3) is 5.57 Å². The van der Waals surface area contributed by atoms with Crippen molar-refractivity contribution >= 4 is 38.6 Å². The van der Waals surface area contributed by atoms with Crippen LogP contribution in [0.1, 0.15) is 27.0 Å². The molecule has 0 amide bonds. The van der Waals surface area contributed by atoms with Crippen LogP contribution in [0.4, 0.5) is 0 Å². The zero-order valence-electron chi connectivity index (χ0n) is 15.4. The van der Waals surface area contributed by atoms with Gasteiger partial charge in [-0.05, 0) is 77.9 Å². The highest BCUT2D eigenvalue weighted by Gasteiger charge is 2.46. The summed E-state index contributed by atoms with van der Waals surface area (Å²) in [5.41, 5.74) is 4.48. The molecular formula is C20H24O3Si2. The van der Waals surface area contributed by atoms with Crippen molar-refractivity contribution in [2.45, 2.75) is 33.1 Å². The lowest BCUT2D eigenvalue weighted by molar-refractivity contribution is 0.0697. The Hall–Kier alpha value is -1.96. The number of fused-ring (bicyclic) bond motifs is 1. The maximum atomic E-state index is 11.0. The predicted octanol–water partition coefficient (Wildman–Crippen LogP) is 3.61. The molecule has 3 rings (SSSR count). The molecule has 0 atom stereocenters. The van der Waals surface area contributed by atoms with E-state index < -0.39 is 22.6 Å². The van der Waals surface area contributed by atoms with E-state index in [1.807, 2.05) is 12.1 Å². The number of rotatable bonds is 3. The van der Waals surface area contributed by atoms with E-state index in [1.165, 1.54) is 15.9 Å². The lowest BCUT2D eigenvalue weighted by Gasteiger charge is -2.22. The van der Waals surface area contributed by atoms with Crippen molar-refractivity contribution in [2.75, 3.05) is 0 Å². The average Bonchev–Trinajstić information content (AvgIpc) is 2.70. The summed E-state index contributed by atoms with van der Waals surface area (Å²) in [6, 6.07) is 11.5. The normalized spacial score (nSPS) is 17.2. The summed E-state index contributed by atoms with van der Waals surface area (Å²) in [7, 11) is -3.70. The van der Waals surface area contributed by atoms with Gasteiger partial charge in [0.25, 0.3) is 0 Å². The van der Waals surface area contributed by atoms with Gasteiger partial charge in [-0.1, -0.05) is 30.8 Å². The van der Waals surface area contributed by atoms with Gasteiger partial charge in [-0.3, -0.25) is 0 Å². The van der Waals surface area contributed by atoms with Crippen LogP contribution in [0.15, 0.2) is 43.0 Å². The Balaban J connectivity index is 2.07. The largest absolute Gasteiger partial charge is 0.478 e. The van der Waals surface area contributed by atoms with Crippen molar-refractivity contribution in [2.24, 2.45) is 0 Å². The number of hydrogen-bond donors (Lipinski definition) is 1. The van der Waals surface area contributed by atoms with Gasteiger partial charge < -0.3 is 9.22 Å². The molecule has 1 aliphatic rings. The van der Waals surface area contributed by atoms with Gasteiger partial charge in [0.1, 0.15) is 0 Å². The fourth-order valence-electron chi connectivity index (χ4n) is 3.75. The Morgan fingerprint density at radius 1 is 0.960 bits per heavy atom. The second-order valence-electron chi connectivity index (χ2n) is 7.70. The van der Waals surface area contributed by atoms with Gasteiger partial charge in [0.2, 0.25) is 16.6 Å². The summed E-state index contributed by atoms with van der Waals surface area (Å²) in [5.74, 6) is -0.914. The minimum absolute atomic E-state index is 0.289. The molecule has 2 aromatic carbocycles. The molecule has 0 bridgehead atoms. The molecule has 1 heterocycles. The van der Waals surface area contributed by atoms with E-state index in [2.05, 4.69) is 51.8 Å². The van der Waals surface area contributed by atoms with Gasteiger partial charge in [-0.25, -0.2) is 4.79 Å². The van der Waals surface area contributed by atoms with E-state index in [0.29, 0.717) is 0 Å². The van der Waals surface area contributed by atoms with Crippen LogP contribution in [-0.4, -0.2) is 27.7 Å². The van der Waals surface area contributed by atoms with Gasteiger partial charge in [0, 0.05) is 0 Å². The van der Waals surface area contributed by atoms with Crippen LogP contribution in [0.3, 0.4) is 0 Å². The second kappa shape index (κ2) is 5.79. The van der Waals surface area contributed by atoms with Crippen molar-refractivity contribution in [3.05, 3.63) is 65.2 Å². The molecule has 0 spiro atoms. The summed E-state index contributed by atoms with van der Waals surface area (Å²) < 4.78 is 6.53. The van der Waals surface area contributed by atoms with Crippen molar-refractivity contribution < 1.29 is 14.0 Å². The minimum atomic E-state index is -1.88. The Kier molecular flexibility index (Phi) is 4.14. The third kappa shape index (κ3) is 3.03. The number of hydrogen-bond acceptors (Lipinski definition) is 2. The zero-order chi connectivity index (χ0) is 18.6. The standard InChI is InChI=1S/C20H24O3Si2/c1-13-11-18-19(25(5,6)23-24(18,3)4)12-17(13)14(2)15-7-9-16(10-8-15)20(21)22/h7-12H,2H2,1,3-6H3,(H,21,22). The van der Waals surface area contributed by atoms with E-state index in [9.17, 15) is 4.79 Å². The van der Waals surface area contributed by atoms with Crippen molar-refractivity contribution in [1.29, 1.82) is 0 Å². The number of carboxylic acids is 1. The lowest BCUT2D eigenvalue weighted by atomic mass is 9.95. The summed E-state index contributed by atoms with van der Waals surface area (Å²) in [5, 5.41) is 11.9. The number of aromatic carboxylic acids is 1. The second-order valence-corrected chi connectivity index (χ2v) is 15.6. The van der Waals surface area contributed by atoms with E-state index in [-0.39, 0.29) is 5.56 Å². The molecule has 25 heavy (non-hydrogen) atoms. The van der Waals surface area contributed by atoms with E-state index in [1.54, 1.807) is 12.1 Å². The quantitative estimate of drug-likeness (QED) is 0.842. The third-order valence-electron chi connectivity index (χ3n) is 4.98. The summed E-state index contributed by atoms with van der Waals surface area (Å²) in [6.45, 7) is 15.5. The summed E-state index contributed by atoms with van der Waals surface area (Å²) in [6.07, 6.45) is 0. The van der Waals surface area contributed by atoms with Crippen molar-refractivity contribution in [3.8, 4) is 0 Å². The number of carboxylic acid groups (broad SMARTS) is 1. The van der Waals surface area contributed by atoms with Crippen LogP contribution < -0.4 is 10.4 Å². The molecule has 0 saturated heterocycles. The topological polar surface area (TPSA) is 46.5 Å². The Labute approximate surface area is 151 Å². The molecule has 2 aromatic rings. The Bertz CT molecular complexity index is 881. The molecule has 0 radical (unpaired) electrons. The van der Waals surface area contributed by atoms with Crippen molar-refractivity contribution in [3.63, 3.8) is 0 Å². The van der Waals surface area contributed by atoms with E-state index in [0.717, 1.165) is 16.7 Å². The molecule has 0 fully saturated rings. The summed E-state index contributed by atoms with van der Waals surface area (Å²) >= 11 is 0. The number of benzene rings is 2. The van der Waals surface area contributed by atoms with Gasteiger partial charge in [0.15, 0.2) is 0 Å². The molecule has 5 heteroatoms. The third-order valence-corrected chi connectivity index (χ3v) is 12.7. The lowest BCUT2D eigenvalue weighted by Crippen LogP contribution is -2.44. The number of aryl methyl sites for hydroxylation is 1. The molecule has 0 unspecified atom stereocenters. The predicted molar refractivity (Wildman–Crippen MR) is 108 cm³/mol. The summed E-state index contributed by atoms with van der Waals surface area (Å²) in [4.78, 5) is 11.0. The smallest absolute Gasteiger partial charge is 0.335 e. The highest BCUT2D eigenvalue weighted by Crippen LogP contribution is 2.28. The van der Waals surface area contributed by atoms with Gasteiger partial charge in [-0.15, -0.1) is 0 Å². The first-order chi connectivity index (χ1) is 11.5. The van der Waals surface area contributed by atoms with Crippen LogP contribution in [0.2, 0.25) is 26.2 Å². The van der Waals surface area contributed by atoms with Crippen LogP contribution >= 0.6 is 0 Å². The first-order valence-electron chi connectivity index (χ1n) is 8.42. The van der Waals surface area contributed by atoms with Gasteiger partial charge in [0.05, 0.1) is 5.56 Å². The fourth-order valence-corrected chi connectivity index (χ4v) is 14.0. The molecule has 1 N–H and O–H groups in total. The maximum Gasteiger partial charge on any atom is 0.335 e. The van der Waals surface area contributed by atoms with Crippen LogP contribution in [0, 0.1) is 6.92 Å².